The largest absolute Gasteiger partial charge is 0.314 e. The maximum Gasteiger partial charge on any atom is 0.154 e. The fourth-order valence-electron chi connectivity index (χ4n) is 2.13. The smallest absolute Gasteiger partial charge is 0.154 e. The third kappa shape index (κ3) is 4.03. The summed E-state index contributed by atoms with van der Waals surface area (Å²) >= 11 is 0. The fraction of sp³-hybridized carbons (Fsp3) is 1.00. The number of nitrogens with zero attached hydrogens (tertiary/aromatic N) is 1. The Morgan fingerprint density at radius 1 is 1.31 bits per heavy atom. The molecular formula is C11H24N2O2S. The minimum absolute atomic E-state index is 0.135. The lowest BCUT2D eigenvalue weighted by atomic mass is 10.2. The summed E-state index contributed by atoms with van der Waals surface area (Å²) in [6.45, 7) is 8.91. The maximum absolute atomic E-state index is 11.6. The zero-order chi connectivity index (χ0) is 12.0. The molecule has 1 saturated heterocycles. The predicted octanol–water partition coefficient (Wildman–Crippen LogP) is 0.495. The normalized spacial score (nSPS) is 24.1. The molecule has 4 nitrogen and oxygen atoms in total. The van der Waals surface area contributed by atoms with Gasteiger partial charge < -0.3 is 10.2 Å². The summed E-state index contributed by atoms with van der Waals surface area (Å²) in [5.74, 6) is 0.384. The van der Waals surface area contributed by atoms with Crippen LogP contribution in [0.15, 0.2) is 0 Å². The van der Waals surface area contributed by atoms with Crippen molar-refractivity contribution in [1.29, 1.82) is 0 Å². The zero-order valence-corrected chi connectivity index (χ0v) is 11.2. The van der Waals surface area contributed by atoms with E-state index in [-0.39, 0.29) is 5.25 Å². The summed E-state index contributed by atoms with van der Waals surface area (Å²) < 4.78 is 23.1. The van der Waals surface area contributed by atoms with Crippen LogP contribution >= 0.6 is 0 Å². The van der Waals surface area contributed by atoms with E-state index in [1.165, 1.54) is 0 Å². The van der Waals surface area contributed by atoms with Gasteiger partial charge in [-0.1, -0.05) is 13.8 Å². The lowest BCUT2D eigenvalue weighted by molar-refractivity contribution is 0.302. The minimum atomic E-state index is -2.78. The molecule has 1 heterocycles. The van der Waals surface area contributed by atoms with Gasteiger partial charge in [0, 0.05) is 19.6 Å². The van der Waals surface area contributed by atoms with Crippen LogP contribution in [-0.4, -0.2) is 57.0 Å². The Morgan fingerprint density at radius 2 is 2.00 bits per heavy atom. The summed E-state index contributed by atoms with van der Waals surface area (Å²) in [5, 5.41) is 3.13. The van der Waals surface area contributed by atoms with Crippen molar-refractivity contribution in [2.24, 2.45) is 0 Å². The molecule has 1 aliphatic heterocycles. The molecule has 0 aromatic rings. The molecule has 1 atom stereocenters. The summed E-state index contributed by atoms with van der Waals surface area (Å²) in [6.07, 6.45) is 1.67. The van der Waals surface area contributed by atoms with Crippen LogP contribution in [0.1, 0.15) is 26.7 Å². The molecule has 0 saturated carbocycles. The molecule has 16 heavy (non-hydrogen) atoms. The molecule has 0 spiro atoms. The van der Waals surface area contributed by atoms with Crippen molar-refractivity contribution in [3.8, 4) is 0 Å². The summed E-state index contributed by atoms with van der Waals surface area (Å²) in [6, 6.07) is 0. The second-order valence-electron chi connectivity index (χ2n) is 4.36. The van der Waals surface area contributed by atoms with Crippen LogP contribution in [0.4, 0.5) is 0 Å². The van der Waals surface area contributed by atoms with E-state index in [0.717, 1.165) is 39.0 Å². The van der Waals surface area contributed by atoms with E-state index in [0.29, 0.717) is 12.3 Å². The Bertz CT molecular complexity index is 286. The molecule has 5 heteroatoms. The average molecular weight is 248 g/mol. The number of hydrogen-bond donors (Lipinski definition) is 1. The van der Waals surface area contributed by atoms with Crippen LogP contribution in [0.5, 0.6) is 0 Å². The van der Waals surface area contributed by atoms with Crippen molar-refractivity contribution >= 4 is 9.84 Å². The third-order valence-corrected chi connectivity index (χ3v) is 5.61. The number of nitrogens with one attached hydrogen (secondary N) is 1. The zero-order valence-electron chi connectivity index (χ0n) is 10.4. The van der Waals surface area contributed by atoms with E-state index in [1.54, 1.807) is 0 Å². The standard InChI is InChI=1S/C11H24N2O2S/c1-3-13(4-2)8-7-12-10-11-6-5-9-16(11,14)15/h11-12H,3-10H2,1-2H3. The first-order chi connectivity index (χ1) is 7.60. The minimum Gasteiger partial charge on any atom is -0.314 e. The SMILES string of the molecule is CCN(CC)CCNCC1CCCS1(=O)=O. The van der Waals surface area contributed by atoms with Gasteiger partial charge >= 0.3 is 0 Å². The summed E-state index contributed by atoms with van der Waals surface area (Å²) in [7, 11) is -2.78. The maximum atomic E-state index is 11.6. The highest BCUT2D eigenvalue weighted by atomic mass is 32.2. The fourth-order valence-corrected chi connectivity index (χ4v) is 3.93. The Kier molecular flexibility index (Phi) is 5.72. The molecule has 1 fully saturated rings. The van der Waals surface area contributed by atoms with Crippen LogP contribution < -0.4 is 5.32 Å². The van der Waals surface area contributed by atoms with Gasteiger partial charge in [-0.3, -0.25) is 0 Å². The van der Waals surface area contributed by atoms with Crippen LogP contribution in [0.25, 0.3) is 0 Å². The Morgan fingerprint density at radius 3 is 2.50 bits per heavy atom. The van der Waals surface area contributed by atoms with Crippen LogP contribution in [0.3, 0.4) is 0 Å². The number of likely N-dealkylation sites (N-methyl/N-ethyl adjacent to an activating group) is 1. The third-order valence-electron chi connectivity index (χ3n) is 3.33. The molecule has 0 aromatic heterocycles. The van der Waals surface area contributed by atoms with Crippen LogP contribution in [0.2, 0.25) is 0 Å². The molecule has 0 bridgehead atoms. The van der Waals surface area contributed by atoms with Gasteiger partial charge in [0.25, 0.3) is 0 Å². The first kappa shape index (κ1) is 13.9. The molecule has 0 aliphatic carbocycles. The monoisotopic (exact) mass is 248 g/mol. The first-order valence-electron chi connectivity index (χ1n) is 6.24. The van der Waals surface area contributed by atoms with E-state index >= 15 is 0 Å². The molecular weight excluding hydrogens is 224 g/mol. The predicted molar refractivity (Wildman–Crippen MR) is 67.5 cm³/mol. The second-order valence-corrected chi connectivity index (χ2v) is 6.76. The van der Waals surface area contributed by atoms with Gasteiger partial charge in [0.2, 0.25) is 0 Å². The van der Waals surface area contributed by atoms with Gasteiger partial charge in [-0.05, 0) is 25.9 Å². The highest BCUT2D eigenvalue weighted by Crippen LogP contribution is 2.18. The molecule has 1 unspecified atom stereocenters. The molecule has 0 radical (unpaired) electrons. The van der Waals surface area contributed by atoms with Gasteiger partial charge in [0.15, 0.2) is 9.84 Å². The van der Waals surface area contributed by atoms with Crippen LogP contribution in [-0.2, 0) is 9.84 Å². The van der Waals surface area contributed by atoms with Crippen molar-refractivity contribution in [2.75, 3.05) is 38.5 Å². The lowest BCUT2D eigenvalue weighted by Crippen LogP contribution is -2.36. The van der Waals surface area contributed by atoms with Crippen molar-refractivity contribution in [3.63, 3.8) is 0 Å². The van der Waals surface area contributed by atoms with Crippen molar-refractivity contribution < 1.29 is 8.42 Å². The quantitative estimate of drug-likeness (QED) is 0.666. The summed E-state index contributed by atoms with van der Waals surface area (Å²) in [4.78, 5) is 2.33. The highest BCUT2D eigenvalue weighted by molar-refractivity contribution is 7.92. The molecule has 0 aromatic carbocycles. The average Bonchev–Trinajstić information content (AvgIpc) is 2.58. The van der Waals surface area contributed by atoms with E-state index in [1.807, 2.05) is 0 Å². The topological polar surface area (TPSA) is 49.4 Å². The molecule has 1 N–H and O–H groups in total. The van der Waals surface area contributed by atoms with Gasteiger partial charge in [0.05, 0.1) is 11.0 Å². The van der Waals surface area contributed by atoms with E-state index < -0.39 is 9.84 Å². The second kappa shape index (κ2) is 6.57. The van der Waals surface area contributed by atoms with Crippen LogP contribution in [0, 0.1) is 0 Å². The molecule has 96 valence electrons. The Labute approximate surface area is 99.3 Å². The van der Waals surface area contributed by atoms with Crippen molar-refractivity contribution in [2.45, 2.75) is 31.9 Å². The van der Waals surface area contributed by atoms with Gasteiger partial charge in [-0.25, -0.2) is 8.42 Å². The molecule has 1 aliphatic rings. The lowest BCUT2D eigenvalue weighted by Gasteiger charge is -2.18. The highest BCUT2D eigenvalue weighted by Gasteiger charge is 2.30. The van der Waals surface area contributed by atoms with Crippen molar-refractivity contribution in [3.05, 3.63) is 0 Å². The van der Waals surface area contributed by atoms with Gasteiger partial charge in [-0.2, -0.15) is 0 Å². The summed E-state index contributed by atoms with van der Waals surface area (Å²) in [5.41, 5.74) is 0. The van der Waals surface area contributed by atoms with E-state index in [9.17, 15) is 8.42 Å². The van der Waals surface area contributed by atoms with E-state index in [4.69, 9.17) is 0 Å². The molecule has 1 rings (SSSR count). The molecule has 0 amide bonds. The Balaban J connectivity index is 2.16. The number of sulfone groups is 1. The Hall–Kier alpha value is -0.130. The van der Waals surface area contributed by atoms with Gasteiger partial charge in [-0.15, -0.1) is 0 Å². The number of rotatable bonds is 7. The van der Waals surface area contributed by atoms with E-state index in [2.05, 4.69) is 24.1 Å². The van der Waals surface area contributed by atoms with Crippen molar-refractivity contribution in [1.82, 2.24) is 10.2 Å². The van der Waals surface area contributed by atoms with Gasteiger partial charge in [0.1, 0.15) is 0 Å². The number of hydrogen-bond acceptors (Lipinski definition) is 4. The first-order valence-corrected chi connectivity index (χ1v) is 7.96.